The normalized spacial score (nSPS) is 13.8. The Labute approximate surface area is 165 Å². The lowest BCUT2D eigenvalue weighted by atomic mass is 9.95. The Balaban J connectivity index is 1.83. The highest BCUT2D eigenvalue weighted by atomic mass is 19.4. The number of aromatic nitrogens is 2. The molecule has 2 aromatic heterocycles. The fraction of sp³-hybridized carbons (Fsp3) is 0.286. The zero-order valence-corrected chi connectivity index (χ0v) is 15.8. The van der Waals surface area contributed by atoms with Gasteiger partial charge in [0, 0.05) is 23.7 Å². The van der Waals surface area contributed by atoms with Crippen molar-refractivity contribution in [2.75, 3.05) is 0 Å². The molecule has 0 spiro atoms. The number of hydrogen-bond donors (Lipinski definition) is 1. The van der Waals surface area contributed by atoms with Crippen LogP contribution in [0.4, 0.5) is 19.0 Å². The summed E-state index contributed by atoms with van der Waals surface area (Å²) in [6.45, 7) is 10.1. The van der Waals surface area contributed by atoms with Crippen LogP contribution in [0.2, 0.25) is 0 Å². The van der Waals surface area contributed by atoms with Crippen LogP contribution in [0.5, 0.6) is 0 Å². The number of hydrogen-bond acceptors (Lipinski definition) is 3. The minimum atomic E-state index is -4.75. The van der Waals surface area contributed by atoms with Gasteiger partial charge in [-0.05, 0) is 37.4 Å². The van der Waals surface area contributed by atoms with Crippen molar-refractivity contribution in [3.05, 3.63) is 70.8 Å². The molecule has 3 rings (SSSR count). The van der Waals surface area contributed by atoms with Crippen LogP contribution in [0.3, 0.4) is 0 Å². The second-order valence-corrected chi connectivity index (χ2v) is 7.20. The number of aliphatic hydroxyl groups is 1. The van der Waals surface area contributed by atoms with Gasteiger partial charge in [-0.1, -0.05) is 24.3 Å². The van der Waals surface area contributed by atoms with Crippen molar-refractivity contribution >= 4 is 22.5 Å². The Morgan fingerprint density at radius 1 is 1.28 bits per heavy atom. The molecule has 0 aliphatic rings. The Hall–Kier alpha value is -3.18. The van der Waals surface area contributed by atoms with E-state index in [0.29, 0.717) is 0 Å². The molecule has 0 aliphatic carbocycles. The molecule has 0 radical (unpaired) electrons. The van der Waals surface area contributed by atoms with E-state index in [4.69, 9.17) is 6.57 Å². The fourth-order valence-corrected chi connectivity index (χ4v) is 3.15. The zero-order valence-electron chi connectivity index (χ0n) is 15.8. The number of aryl methyl sites for hydroxylation is 1. The van der Waals surface area contributed by atoms with Gasteiger partial charge in [-0.3, -0.25) is 4.79 Å². The average molecular weight is 401 g/mol. The summed E-state index contributed by atoms with van der Waals surface area (Å²) in [6, 6.07) is 8.38. The summed E-state index contributed by atoms with van der Waals surface area (Å²) in [6.07, 6.45) is -2.37. The molecule has 3 aromatic rings. The fourth-order valence-electron chi connectivity index (χ4n) is 3.15. The molecule has 0 amide bonds. The Morgan fingerprint density at radius 3 is 2.66 bits per heavy atom. The predicted octanol–water partition coefficient (Wildman–Crippen LogP) is 4.48. The maximum Gasteiger partial charge on any atom is 0.409 e. The largest absolute Gasteiger partial charge is 0.409 e. The van der Waals surface area contributed by atoms with Crippen molar-refractivity contribution in [2.45, 2.75) is 38.6 Å². The van der Waals surface area contributed by atoms with Crippen LogP contribution in [-0.2, 0) is 23.9 Å². The highest BCUT2D eigenvalue weighted by molar-refractivity contribution is 5.89. The van der Waals surface area contributed by atoms with Crippen molar-refractivity contribution in [2.24, 2.45) is 0 Å². The third kappa shape index (κ3) is 4.30. The zero-order chi connectivity index (χ0) is 21.4. The van der Waals surface area contributed by atoms with E-state index in [9.17, 15) is 23.1 Å². The number of ketones is 1. The number of benzene rings is 1. The molecule has 2 heterocycles. The minimum Gasteiger partial charge on any atom is -0.380 e. The number of pyridine rings is 1. The molecular weight excluding hydrogens is 383 g/mol. The molecule has 29 heavy (non-hydrogen) atoms. The summed E-state index contributed by atoms with van der Waals surface area (Å²) in [5.41, 5.74) is -1.08. The summed E-state index contributed by atoms with van der Waals surface area (Å²) in [5.74, 6) is -1.41. The number of carbonyl (C=O) groups excluding carboxylic acids is 1. The van der Waals surface area contributed by atoms with Crippen molar-refractivity contribution in [1.82, 2.24) is 9.55 Å². The second-order valence-electron chi connectivity index (χ2n) is 7.20. The number of rotatable bonds is 5. The molecule has 0 unspecified atom stereocenters. The third-order valence-corrected chi connectivity index (χ3v) is 4.70. The summed E-state index contributed by atoms with van der Waals surface area (Å²) < 4.78 is 41.0. The van der Waals surface area contributed by atoms with E-state index < -0.39 is 35.4 Å². The van der Waals surface area contributed by atoms with Crippen LogP contribution in [0.1, 0.15) is 23.6 Å². The van der Waals surface area contributed by atoms with Gasteiger partial charge in [0.2, 0.25) is 0 Å². The quantitative estimate of drug-likeness (QED) is 0.642. The first-order valence-corrected chi connectivity index (χ1v) is 8.76. The molecule has 8 heteroatoms. The van der Waals surface area contributed by atoms with Gasteiger partial charge in [0.05, 0.1) is 12.1 Å². The van der Waals surface area contributed by atoms with Crippen LogP contribution in [0.15, 0.2) is 42.7 Å². The first-order chi connectivity index (χ1) is 13.5. The van der Waals surface area contributed by atoms with E-state index in [1.165, 1.54) is 6.92 Å². The summed E-state index contributed by atoms with van der Waals surface area (Å²) in [5, 5.41) is 11.7. The van der Waals surface area contributed by atoms with Crippen molar-refractivity contribution in [3.8, 4) is 0 Å². The van der Waals surface area contributed by atoms with Gasteiger partial charge in [0.15, 0.2) is 5.78 Å². The monoisotopic (exact) mass is 401 g/mol. The molecule has 0 saturated carbocycles. The Morgan fingerprint density at radius 2 is 2.00 bits per heavy atom. The van der Waals surface area contributed by atoms with Gasteiger partial charge in [0.25, 0.3) is 5.82 Å². The van der Waals surface area contributed by atoms with Crippen molar-refractivity contribution < 1.29 is 23.1 Å². The minimum absolute atomic E-state index is 0.0111. The smallest absolute Gasteiger partial charge is 0.380 e. The lowest BCUT2D eigenvalue weighted by Gasteiger charge is -2.23. The van der Waals surface area contributed by atoms with Crippen molar-refractivity contribution in [1.29, 1.82) is 0 Å². The number of Topliss-reactive ketones (excluding diaryl/α,β-unsaturated/α-hetero) is 1. The van der Waals surface area contributed by atoms with Gasteiger partial charge in [0.1, 0.15) is 11.8 Å². The van der Waals surface area contributed by atoms with Crippen LogP contribution < -0.4 is 0 Å². The molecule has 0 bridgehead atoms. The highest BCUT2D eigenvalue weighted by Crippen LogP contribution is 2.35. The third-order valence-electron chi connectivity index (χ3n) is 4.70. The number of nitrogens with zero attached hydrogens (tertiary/aromatic N) is 3. The molecule has 1 aromatic carbocycles. The maximum atomic E-state index is 13.1. The maximum absolute atomic E-state index is 13.1. The van der Waals surface area contributed by atoms with Gasteiger partial charge >= 0.3 is 6.18 Å². The summed E-state index contributed by atoms with van der Waals surface area (Å²) in [4.78, 5) is 18.9. The standard InChI is InChI=1S/C21H18F3N3O2/c1-13-4-5-17-15(8-13)6-7-27(17)12-20(2,29)18(28)10-14-9-16(21(22,23)24)19(25-3)26-11-14/h4-9,11,29H,10,12H2,1-2H3/t20-/m0/s1. The van der Waals surface area contributed by atoms with E-state index in [2.05, 4.69) is 9.83 Å². The van der Waals surface area contributed by atoms with E-state index in [-0.39, 0.29) is 12.1 Å². The van der Waals surface area contributed by atoms with Crippen molar-refractivity contribution in [3.63, 3.8) is 0 Å². The van der Waals surface area contributed by atoms with Gasteiger partial charge in [-0.25, -0.2) is 0 Å². The number of halogens is 3. The Bertz CT molecular complexity index is 1120. The molecule has 150 valence electrons. The molecule has 5 nitrogen and oxygen atoms in total. The Kier molecular flexibility index (Phi) is 5.20. The molecule has 0 aliphatic heterocycles. The number of fused-ring (bicyclic) bond motifs is 1. The van der Waals surface area contributed by atoms with E-state index in [1.54, 1.807) is 10.8 Å². The average Bonchev–Trinajstić information content (AvgIpc) is 3.02. The highest BCUT2D eigenvalue weighted by Gasteiger charge is 2.36. The van der Waals surface area contributed by atoms with Gasteiger partial charge in [-0.15, -0.1) is 4.98 Å². The number of alkyl halides is 3. The predicted molar refractivity (Wildman–Crippen MR) is 102 cm³/mol. The number of carbonyl (C=O) groups is 1. The van der Waals surface area contributed by atoms with Crippen LogP contribution in [0.25, 0.3) is 15.7 Å². The molecule has 0 saturated heterocycles. The molecule has 1 N–H and O–H groups in total. The van der Waals surface area contributed by atoms with Crippen LogP contribution in [0, 0.1) is 13.5 Å². The van der Waals surface area contributed by atoms with Gasteiger partial charge in [-0.2, -0.15) is 13.2 Å². The topological polar surface area (TPSA) is 59.5 Å². The lowest BCUT2D eigenvalue weighted by molar-refractivity contribution is -0.138. The summed E-state index contributed by atoms with van der Waals surface area (Å²) in [7, 11) is 0. The van der Waals surface area contributed by atoms with E-state index in [1.807, 2.05) is 31.2 Å². The van der Waals surface area contributed by atoms with E-state index in [0.717, 1.165) is 28.7 Å². The first kappa shape index (κ1) is 20.6. The molecule has 0 fully saturated rings. The van der Waals surface area contributed by atoms with E-state index >= 15 is 0 Å². The first-order valence-electron chi connectivity index (χ1n) is 8.76. The van der Waals surface area contributed by atoms with Crippen LogP contribution >= 0.6 is 0 Å². The lowest BCUT2D eigenvalue weighted by Crippen LogP contribution is -2.40. The SMILES string of the molecule is [C-]#[N+]c1ncc(CC(=O)[C@@](C)(O)Cn2ccc3cc(C)ccc32)cc1C(F)(F)F. The van der Waals surface area contributed by atoms with Gasteiger partial charge < -0.3 is 14.5 Å². The second kappa shape index (κ2) is 7.33. The molecular formula is C21H18F3N3O2. The molecule has 1 atom stereocenters. The van der Waals surface area contributed by atoms with Crippen LogP contribution in [-0.4, -0.2) is 26.0 Å². The summed E-state index contributed by atoms with van der Waals surface area (Å²) >= 11 is 0.